The van der Waals surface area contributed by atoms with Crippen molar-refractivity contribution < 1.29 is 4.74 Å². The Bertz CT molecular complexity index is 332. The molecule has 2 N–H and O–H groups in total. The van der Waals surface area contributed by atoms with Crippen LogP contribution in [0.5, 0.6) is 5.75 Å². The van der Waals surface area contributed by atoms with Gasteiger partial charge in [-0.25, -0.2) is 0 Å². The van der Waals surface area contributed by atoms with E-state index in [1.54, 1.807) is 0 Å². The van der Waals surface area contributed by atoms with Crippen molar-refractivity contribution in [2.24, 2.45) is 5.73 Å². The normalized spacial score (nSPS) is 12.6. The molecule has 16 heavy (non-hydrogen) atoms. The molecule has 0 aliphatic rings. The van der Waals surface area contributed by atoms with Crippen molar-refractivity contribution >= 4 is 47.8 Å². The van der Waals surface area contributed by atoms with E-state index in [4.69, 9.17) is 10.5 Å². The van der Waals surface area contributed by atoms with E-state index in [0.717, 1.165) is 32.0 Å². The maximum absolute atomic E-state index is 5.70. The number of halogens is 3. The van der Waals surface area contributed by atoms with Gasteiger partial charge < -0.3 is 10.5 Å². The second-order valence-electron chi connectivity index (χ2n) is 3.67. The van der Waals surface area contributed by atoms with E-state index in [0.29, 0.717) is 6.61 Å². The van der Waals surface area contributed by atoms with Crippen molar-refractivity contribution in [3.05, 3.63) is 25.6 Å². The van der Waals surface area contributed by atoms with Crippen LogP contribution in [-0.4, -0.2) is 12.6 Å². The maximum atomic E-state index is 5.70. The van der Waals surface area contributed by atoms with Crippen molar-refractivity contribution in [2.45, 2.75) is 25.8 Å². The Hall–Kier alpha value is 0.420. The standard InChI is InChI=1S/C11H14Br3NO/c1-7(15)3-2-4-16-11-9(13)5-8(12)6-10(11)14/h5-7H,2-4,15H2,1H3. The number of benzene rings is 1. The first kappa shape index (κ1) is 14.5. The van der Waals surface area contributed by atoms with Gasteiger partial charge in [0.2, 0.25) is 0 Å². The summed E-state index contributed by atoms with van der Waals surface area (Å²) in [5.74, 6) is 0.841. The maximum Gasteiger partial charge on any atom is 0.147 e. The average Bonchev–Trinajstić information content (AvgIpc) is 2.14. The first-order valence-electron chi connectivity index (χ1n) is 5.03. The molecule has 0 saturated heterocycles. The Morgan fingerprint density at radius 3 is 2.31 bits per heavy atom. The second-order valence-corrected chi connectivity index (χ2v) is 6.29. The molecule has 0 aliphatic carbocycles. The van der Waals surface area contributed by atoms with Crippen molar-refractivity contribution in [2.75, 3.05) is 6.61 Å². The topological polar surface area (TPSA) is 35.2 Å². The van der Waals surface area contributed by atoms with Gasteiger partial charge in [0, 0.05) is 10.5 Å². The summed E-state index contributed by atoms with van der Waals surface area (Å²) in [7, 11) is 0. The third-order valence-electron chi connectivity index (χ3n) is 2.01. The molecule has 90 valence electrons. The Balaban J connectivity index is 2.54. The van der Waals surface area contributed by atoms with Crippen LogP contribution in [0, 0.1) is 0 Å². The summed E-state index contributed by atoms with van der Waals surface area (Å²) in [6.07, 6.45) is 1.94. The summed E-state index contributed by atoms with van der Waals surface area (Å²) in [5, 5.41) is 0. The van der Waals surface area contributed by atoms with E-state index in [2.05, 4.69) is 47.8 Å². The molecule has 1 rings (SSSR count). The molecule has 0 radical (unpaired) electrons. The van der Waals surface area contributed by atoms with Crippen LogP contribution >= 0.6 is 47.8 Å². The number of nitrogens with two attached hydrogens (primary N) is 1. The fraction of sp³-hybridized carbons (Fsp3) is 0.455. The van der Waals surface area contributed by atoms with E-state index in [1.165, 1.54) is 0 Å². The molecular weight excluding hydrogens is 402 g/mol. The molecule has 1 atom stereocenters. The van der Waals surface area contributed by atoms with Gasteiger partial charge in [-0.15, -0.1) is 0 Å². The Morgan fingerprint density at radius 2 is 1.81 bits per heavy atom. The SMILES string of the molecule is CC(N)CCCOc1c(Br)cc(Br)cc1Br. The Labute approximate surface area is 121 Å². The van der Waals surface area contributed by atoms with E-state index in [-0.39, 0.29) is 6.04 Å². The lowest BCUT2D eigenvalue weighted by molar-refractivity contribution is 0.299. The van der Waals surface area contributed by atoms with Crippen LogP contribution in [0.15, 0.2) is 25.6 Å². The van der Waals surface area contributed by atoms with Crippen LogP contribution in [0.25, 0.3) is 0 Å². The van der Waals surface area contributed by atoms with Gasteiger partial charge in [-0.2, -0.15) is 0 Å². The molecule has 1 aromatic carbocycles. The number of hydrogen-bond donors (Lipinski definition) is 1. The predicted octanol–water partition coefficient (Wildman–Crippen LogP) is 4.48. The molecule has 0 saturated carbocycles. The summed E-state index contributed by atoms with van der Waals surface area (Å²) in [5.41, 5.74) is 5.67. The van der Waals surface area contributed by atoms with Gasteiger partial charge in [-0.3, -0.25) is 0 Å². The van der Waals surface area contributed by atoms with Gasteiger partial charge >= 0.3 is 0 Å². The van der Waals surface area contributed by atoms with Crippen LogP contribution in [0.4, 0.5) is 0 Å². The smallest absolute Gasteiger partial charge is 0.147 e. The molecule has 1 aromatic rings. The fourth-order valence-corrected chi connectivity index (χ4v) is 3.73. The molecule has 0 fully saturated rings. The summed E-state index contributed by atoms with van der Waals surface area (Å²) in [6, 6.07) is 4.16. The highest BCUT2D eigenvalue weighted by molar-refractivity contribution is 9.11. The highest BCUT2D eigenvalue weighted by Gasteiger charge is 2.08. The minimum absolute atomic E-state index is 0.236. The number of ether oxygens (including phenoxy) is 1. The molecule has 0 heterocycles. The minimum Gasteiger partial charge on any atom is -0.491 e. The van der Waals surface area contributed by atoms with E-state index < -0.39 is 0 Å². The fourth-order valence-electron chi connectivity index (χ4n) is 1.25. The predicted molar refractivity (Wildman–Crippen MR) is 77.9 cm³/mol. The molecule has 2 nitrogen and oxygen atoms in total. The highest BCUT2D eigenvalue weighted by Crippen LogP contribution is 2.36. The molecule has 1 unspecified atom stereocenters. The lowest BCUT2D eigenvalue weighted by Gasteiger charge is -2.11. The summed E-state index contributed by atoms with van der Waals surface area (Å²) < 4.78 is 8.59. The van der Waals surface area contributed by atoms with E-state index >= 15 is 0 Å². The van der Waals surface area contributed by atoms with E-state index in [1.807, 2.05) is 19.1 Å². The van der Waals surface area contributed by atoms with Gasteiger partial charge in [0.05, 0.1) is 15.6 Å². The van der Waals surface area contributed by atoms with Crippen molar-refractivity contribution in [1.29, 1.82) is 0 Å². The third kappa shape index (κ3) is 4.73. The van der Waals surface area contributed by atoms with Crippen LogP contribution in [0.3, 0.4) is 0 Å². The quantitative estimate of drug-likeness (QED) is 0.719. The largest absolute Gasteiger partial charge is 0.491 e. The summed E-state index contributed by atoms with van der Waals surface area (Å²) in [4.78, 5) is 0. The van der Waals surface area contributed by atoms with Crippen molar-refractivity contribution in [3.63, 3.8) is 0 Å². The average molecular weight is 416 g/mol. The Kier molecular flexibility index (Phi) is 6.32. The van der Waals surface area contributed by atoms with Crippen molar-refractivity contribution in [3.8, 4) is 5.75 Å². The highest BCUT2D eigenvalue weighted by atomic mass is 79.9. The minimum atomic E-state index is 0.236. The third-order valence-corrected chi connectivity index (χ3v) is 3.65. The lowest BCUT2D eigenvalue weighted by Crippen LogP contribution is -2.15. The second kappa shape index (κ2) is 6.99. The number of hydrogen-bond acceptors (Lipinski definition) is 2. The molecule has 0 spiro atoms. The van der Waals surface area contributed by atoms with Crippen LogP contribution in [0.1, 0.15) is 19.8 Å². The Morgan fingerprint density at radius 1 is 1.25 bits per heavy atom. The first-order valence-corrected chi connectivity index (χ1v) is 7.41. The van der Waals surface area contributed by atoms with Gasteiger partial charge in [-0.05, 0) is 63.8 Å². The molecular formula is C11H14Br3NO. The van der Waals surface area contributed by atoms with Gasteiger partial charge in [0.1, 0.15) is 5.75 Å². The van der Waals surface area contributed by atoms with Crippen LogP contribution in [-0.2, 0) is 0 Å². The van der Waals surface area contributed by atoms with Gasteiger partial charge in [0.15, 0.2) is 0 Å². The molecule has 0 aromatic heterocycles. The zero-order chi connectivity index (χ0) is 12.1. The molecule has 0 bridgehead atoms. The lowest BCUT2D eigenvalue weighted by atomic mass is 10.2. The molecule has 5 heteroatoms. The molecule has 0 amide bonds. The first-order chi connectivity index (χ1) is 7.50. The summed E-state index contributed by atoms with van der Waals surface area (Å²) >= 11 is 10.4. The van der Waals surface area contributed by atoms with E-state index in [9.17, 15) is 0 Å². The monoisotopic (exact) mass is 413 g/mol. The van der Waals surface area contributed by atoms with Crippen LogP contribution < -0.4 is 10.5 Å². The van der Waals surface area contributed by atoms with Gasteiger partial charge in [-0.1, -0.05) is 15.9 Å². The van der Waals surface area contributed by atoms with Gasteiger partial charge in [0.25, 0.3) is 0 Å². The number of rotatable bonds is 5. The van der Waals surface area contributed by atoms with Crippen LogP contribution in [0.2, 0.25) is 0 Å². The summed E-state index contributed by atoms with van der Waals surface area (Å²) in [6.45, 7) is 2.69. The zero-order valence-corrected chi connectivity index (χ0v) is 13.7. The van der Waals surface area contributed by atoms with Crippen molar-refractivity contribution in [1.82, 2.24) is 0 Å². The molecule has 0 aliphatic heterocycles. The zero-order valence-electron chi connectivity index (χ0n) is 8.97.